The number of amides is 2. The van der Waals surface area contributed by atoms with Crippen LogP contribution in [0.15, 0.2) is 103 Å². The van der Waals surface area contributed by atoms with Crippen LogP contribution in [-0.2, 0) is 16.0 Å². The molecule has 1 aliphatic heterocycles. The van der Waals surface area contributed by atoms with E-state index in [0.29, 0.717) is 47.1 Å². The first-order chi connectivity index (χ1) is 23.5. The monoisotopic (exact) mass is 648 g/mol. The molecule has 1 unspecified atom stereocenters. The molecule has 1 fully saturated rings. The summed E-state index contributed by atoms with van der Waals surface area (Å²) in [6, 6.07) is 27.9. The lowest BCUT2D eigenvalue weighted by Gasteiger charge is -2.23. The fourth-order valence-corrected chi connectivity index (χ4v) is 5.78. The Morgan fingerprint density at radius 1 is 0.896 bits per heavy atom. The highest BCUT2D eigenvalue weighted by atomic mass is 19.1. The number of nitrogens with one attached hydrogen (secondary N) is 3. The van der Waals surface area contributed by atoms with Crippen LogP contribution in [-0.4, -0.2) is 43.6 Å². The van der Waals surface area contributed by atoms with Crippen molar-refractivity contribution in [1.29, 1.82) is 0 Å². The lowest BCUT2D eigenvalue weighted by Crippen LogP contribution is -2.38. The minimum atomic E-state index is -0.914. The molecule has 3 N–H and O–H groups in total. The number of methoxy groups -OCH3 is 1. The lowest BCUT2D eigenvalue weighted by atomic mass is 9.99. The van der Waals surface area contributed by atoms with Gasteiger partial charge < -0.3 is 30.2 Å². The van der Waals surface area contributed by atoms with Gasteiger partial charge in [0.2, 0.25) is 0 Å². The molecule has 9 nitrogen and oxygen atoms in total. The van der Waals surface area contributed by atoms with E-state index in [-0.39, 0.29) is 11.4 Å². The zero-order valence-corrected chi connectivity index (χ0v) is 26.6. The second-order valence-corrected chi connectivity index (χ2v) is 11.6. The molecular weight excluding hydrogens is 611 g/mol. The third kappa shape index (κ3) is 7.90. The third-order valence-corrected chi connectivity index (χ3v) is 8.33. The number of nitrogens with zero attached hydrogens (tertiary/aromatic N) is 1. The van der Waals surface area contributed by atoms with Crippen molar-refractivity contribution in [2.75, 3.05) is 32.1 Å². The highest BCUT2D eigenvalue weighted by molar-refractivity contribution is 6.39. The quantitative estimate of drug-likeness (QED) is 0.139. The van der Waals surface area contributed by atoms with Gasteiger partial charge in [-0.3, -0.25) is 14.6 Å². The van der Waals surface area contributed by atoms with Crippen molar-refractivity contribution in [2.45, 2.75) is 25.3 Å². The van der Waals surface area contributed by atoms with E-state index >= 15 is 4.39 Å². The van der Waals surface area contributed by atoms with Crippen LogP contribution in [0.25, 0.3) is 10.9 Å². The molecule has 1 aromatic heterocycles. The third-order valence-electron chi connectivity index (χ3n) is 8.33. The molecule has 10 heteroatoms. The maximum absolute atomic E-state index is 15.3. The van der Waals surface area contributed by atoms with Crippen molar-refractivity contribution in [1.82, 2.24) is 15.6 Å². The van der Waals surface area contributed by atoms with Crippen LogP contribution in [0.2, 0.25) is 0 Å². The van der Waals surface area contributed by atoms with Crippen LogP contribution in [0.4, 0.5) is 10.1 Å². The molecule has 5 aromatic rings. The Labute approximate surface area is 278 Å². The predicted octanol–water partition coefficient (Wildman–Crippen LogP) is 6.59. The number of benzene rings is 4. The topological polar surface area (TPSA) is 111 Å². The highest BCUT2D eigenvalue weighted by Crippen LogP contribution is 2.40. The van der Waals surface area contributed by atoms with E-state index in [2.05, 4.69) is 20.9 Å². The molecule has 246 valence electrons. The second-order valence-electron chi connectivity index (χ2n) is 11.6. The number of aromatic nitrogens is 1. The van der Waals surface area contributed by atoms with Crippen molar-refractivity contribution in [3.8, 4) is 23.0 Å². The normalized spacial score (nSPS) is 13.8. The number of carbonyl (C=O) groups is 2. The number of pyridine rings is 1. The van der Waals surface area contributed by atoms with Gasteiger partial charge in [0, 0.05) is 23.3 Å². The van der Waals surface area contributed by atoms with Crippen molar-refractivity contribution in [3.63, 3.8) is 0 Å². The van der Waals surface area contributed by atoms with Gasteiger partial charge in [-0.05, 0) is 79.7 Å². The van der Waals surface area contributed by atoms with Crippen LogP contribution < -0.4 is 30.2 Å². The highest BCUT2D eigenvalue weighted by Gasteiger charge is 2.22. The second kappa shape index (κ2) is 15.4. The number of anilines is 1. The SMILES string of the molecule is COc1c(OCC2CCNCC2)ccc2c(Oc3ccc(NC(=O)C(=O)NC(Cc4ccccc4)c4ccccc4)cc3F)ccnc12. The van der Waals surface area contributed by atoms with E-state index in [4.69, 9.17) is 14.2 Å². The standard InChI is InChI=1S/C38H37FN4O5/c1-46-36-34(47-24-26-16-19-40-20-17-26)15-13-29-32(18-21-41-35(29)36)48-33-14-12-28(23-30(33)39)42-37(44)38(45)43-31(27-10-6-3-7-11-27)22-25-8-4-2-5-9-25/h2-15,18,21,23,26,31,40H,16-17,19-20,22,24H2,1H3,(H,42,44)(H,43,45). The number of hydrogen-bond donors (Lipinski definition) is 3. The van der Waals surface area contributed by atoms with Gasteiger partial charge in [-0.2, -0.15) is 0 Å². The predicted molar refractivity (Wildman–Crippen MR) is 182 cm³/mol. The summed E-state index contributed by atoms with van der Waals surface area (Å²) in [5.74, 6) is -0.658. The largest absolute Gasteiger partial charge is 0.491 e. The number of piperidine rings is 1. The minimum absolute atomic E-state index is 0.0674. The van der Waals surface area contributed by atoms with Gasteiger partial charge in [-0.25, -0.2) is 4.39 Å². The molecule has 0 spiro atoms. The first-order valence-corrected chi connectivity index (χ1v) is 16.0. The van der Waals surface area contributed by atoms with Crippen molar-refractivity contribution in [2.24, 2.45) is 5.92 Å². The zero-order chi connectivity index (χ0) is 33.3. The summed E-state index contributed by atoms with van der Waals surface area (Å²) < 4.78 is 33.1. The number of carbonyl (C=O) groups excluding carboxylic acids is 2. The van der Waals surface area contributed by atoms with Gasteiger partial charge in [0.25, 0.3) is 0 Å². The van der Waals surface area contributed by atoms with E-state index in [1.807, 2.05) is 66.7 Å². The molecule has 0 radical (unpaired) electrons. The van der Waals surface area contributed by atoms with Gasteiger partial charge >= 0.3 is 11.8 Å². The summed E-state index contributed by atoms with van der Waals surface area (Å²) in [5.41, 5.74) is 2.49. The molecule has 0 aliphatic carbocycles. The summed E-state index contributed by atoms with van der Waals surface area (Å²) in [5, 5.41) is 9.28. The van der Waals surface area contributed by atoms with Crippen molar-refractivity contribution < 1.29 is 28.2 Å². The molecule has 4 aromatic carbocycles. The number of ether oxygens (including phenoxy) is 3. The average molecular weight is 649 g/mol. The summed E-state index contributed by atoms with van der Waals surface area (Å²) in [6.07, 6.45) is 4.16. The smallest absolute Gasteiger partial charge is 0.313 e. The summed E-state index contributed by atoms with van der Waals surface area (Å²) >= 11 is 0. The molecule has 2 heterocycles. The molecule has 0 bridgehead atoms. The summed E-state index contributed by atoms with van der Waals surface area (Å²) in [7, 11) is 1.55. The Hall–Kier alpha value is -5.48. The van der Waals surface area contributed by atoms with Gasteiger partial charge in [0.05, 0.1) is 19.8 Å². The minimum Gasteiger partial charge on any atom is -0.491 e. The van der Waals surface area contributed by atoms with Crippen LogP contribution in [0.3, 0.4) is 0 Å². The number of hydrogen-bond acceptors (Lipinski definition) is 7. The Morgan fingerprint density at radius 3 is 2.35 bits per heavy atom. The number of halogens is 1. The van der Waals surface area contributed by atoms with Crippen LogP contribution in [0, 0.1) is 11.7 Å². The molecule has 1 atom stereocenters. The molecule has 2 amide bonds. The van der Waals surface area contributed by atoms with Crippen LogP contribution in [0.5, 0.6) is 23.0 Å². The van der Waals surface area contributed by atoms with Gasteiger partial charge in [0.15, 0.2) is 23.1 Å². The molecule has 6 rings (SSSR count). The average Bonchev–Trinajstić information content (AvgIpc) is 3.12. The maximum atomic E-state index is 15.3. The van der Waals surface area contributed by atoms with Crippen molar-refractivity contribution >= 4 is 28.4 Å². The Bertz CT molecular complexity index is 1870. The Kier molecular flexibility index (Phi) is 10.4. The van der Waals surface area contributed by atoms with Crippen LogP contribution in [0.1, 0.15) is 30.0 Å². The van der Waals surface area contributed by atoms with Gasteiger partial charge in [0.1, 0.15) is 11.3 Å². The molecule has 48 heavy (non-hydrogen) atoms. The van der Waals surface area contributed by atoms with Gasteiger partial charge in [-0.1, -0.05) is 60.7 Å². The summed E-state index contributed by atoms with van der Waals surface area (Å²) in [6.45, 7) is 2.54. The molecule has 0 saturated carbocycles. The van der Waals surface area contributed by atoms with E-state index in [0.717, 1.165) is 43.1 Å². The van der Waals surface area contributed by atoms with E-state index in [9.17, 15) is 9.59 Å². The first kappa shape index (κ1) is 32.5. The number of fused-ring (bicyclic) bond motifs is 1. The first-order valence-electron chi connectivity index (χ1n) is 16.0. The van der Waals surface area contributed by atoms with Crippen molar-refractivity contribution in [3.05, 3.63) is 120 Å². The lowest BCUT2D eigenvalue weighted by molar-refractivity contribution is -0.136. The summed E-state index contributed by atoms with van der Waals surface area (Å²) in [4.78, 5) is 30.3. The fraction of sp³-hybridized carbons (Fsp3) is 0.237. The van der Waals surface area contributed by atoms with Gasteiger partial charge in [-0.15, -0.1) is 0 Å². The Morgan fingerprint density at radius 2 is 1.62 bits per heavy atom. The molecular formula is C38H37FN4O5. The zero-order valence-electron chi connectivity index (χ0n) is 26.6. The van der Waals surface area contributed by atoms with E-state index in [1.54, 1.807) is 25.4 Å². The maximum Gasteiger partial charge on any atom is 0.313 e. The van der Waals surface area contributed by atoms with E-state index < -0.39 is 23.7 Å². The van der Waals surface area contributed by atoms with Crippen LogP contribution >= 0.6 is 0 Å². The fourth-order valence-electron chi connectivity index (χ4n) is 5.78. The Balaban J connectivity index is 1.12. The molecule has 1 saturated heterocycles. The van der Waals surface area contributed by atoms with E-state index in [1.165, 1.54) is 12.1 Å². The number of rotatable bonds is 11. The molecule has 1 aliphatic rings.